The first kappa shape index (κ1) is 13.4. The average Bonchev–Trinajstić information content (AvgIpc) is 2.93. The van der Waals surface area contributed by atoms with E-state index in [2.05, 4.69) is 25.8 Å². The lowest BCUT2D eigenvalue weighted by molar-refractivity contribution is -0.116. The van der Waals surface area contributed by atoms with Gasteiger partial charge >= 0.3 is 0 Å². The van der Waals surface area contributed by atoms with Crippen LogP contribution >= 0.6 is 11.3 Å². The topological polar surface area (TPSA) is 98.2 Å². The summed E-state index contributed by atoms with van der Waals surface area (Å²) in [6, 6.07) is 1.68. The van der Waals surface area contributed by atoms with Crippen molar-refractivity contribution in [1.82, 2.24) is 25.0 Å². The van der Waals surface area contributed by atoms with E-state index in [9.17, 15) is 4.79 Å². The monoisotopic (exact) mass is 318 g/mol. The molecule has 1 fully saturated rings. The number of hydrogen-bond donors (Lipinski definition) is 1. The van der Waals surface area contributed by atoms with Crippen LogP contribution in [0, 0.1) is 6.92 Å². The summed E-state index contributed by atoms with van der Waals surface area (Å²) in [6.07, 6.45) is 3.23. The third kappa shape index (κ3) is 2.59. The molecule has 3 aromatic heterocycles. The van der Waals surface area contributed by atoms with Gasteiger partial charge in [0.25, 0.3) is 0 Å². The summed E-state index contributed by atoms with van der Waals surface area (Å²) in [6.45, 7) is 1.78. The van der Waals surface area contributed by atoms with Gasteiger partial charge in [-0.15, -0.1) is 10.2 Å². The summed E-state index contributed by atoms with van der Waals surface area (Å²) >= 11 is 1.48. The van der Waals surface area contributed by atoms with Crippen LogP contribution < -0.4 is 5.32 Å². The SMILES string of the molecule is Cc1cc(NC(=O)CCc2nn3c(C4CC4)nnc3s2)no1. The molecule has 1 aliphatic rings. The standard InChI is InChI=1S/C13H14N6O2S/c1-7-6-9(18-21-7)14-10(20)4-5-11-17-19-12(8-2-3-8)15-16-13(19)22-11/h6,8H,2-5H2,1H3,(H,14,18,20). The smallest absolute Gasteiger partial charge is 0.234 e. The maximum absolute atomic E-state index is 11.9. The fourth-order valence-electron chi connectivity index (χ4n) is 2.22. The van der Waals surface area contributed by atoms with Crippen molar-refractivity contribution >= 4 is 28.0 Å². The molecule has 3 heterocycles. The van der Waals surface area contributed by atoms with Crippen LogP contribution in [0.15, 0.2) is 10.6 Å². The molecule has 0 aliphatic heterocycles. The van der Waals surface area contributed by atoms with E-state index in [1.54, 1.807) is 13.0 Å². The van der Waals surface area contributed by atoms with Gasteiger partial charge in [-0.2, -0.15) is 9.61 Å². The molecule has 0 aromatic carbocycles. The molecular weight excluding hydrogens is 304 g/mol. The van der Waals surface area contributed by atoms with Crippen molar-refractivity contribution in [3.05, 3.63) is 22.7 Å². The van der Waals surface area contributed by atoms with E-state index in [4.69, 9.17) is 4.52 Å². The summed E-state index contributed by atoms with van der Waals surface area (Å²) in [5, 5.41) is 20.2. The zero-order valence-corrected chi connectivity index (χ0v) is 12.8. The van der Waals surface area contributed by atoms with Crippen LogP contribution in [0.5, 0.6) is 0 Å². The quantitative estimate of drug-likeness (QED) is 0.772. The van der Waals surface area contributed by atoms with E-state index < -0.39 is 0 Å². The van der Waals surface area contributed by atoms with Gasteiger partial charge in [0.05, 0.1) is 0 Å². The molecular formula is C13H14N6O2S. The minimum Gasteiger partial charge on any atom is -0.360 e. The van der Waals surface area contributed by atoms with E-state index >= 15 is 0 Å². The largest absolute Gasteiger partial charge is 0.360 e. The lowest BCUT2D eigenvalue weighted by atomic mass is 10.3. The summed E-state index contributed by atoms with van der Waals surface area (Å²) in [5.41, 5.74) is 0. The van der Waals surface area contributed by atoms with Gasteiger partial charge in [-0.25, -0.2) is 0 Å². The number of carbonyl (C=O) groups is 1. The van der Waals surface area contributed by atoms with E-state index in [0.29, 0.717) is 30.3 Å². The molecule has 1 N–H and O–H groups in total. The Bertz CT molecular complexity index is 831. The molecule has 0 atom stereocenters. The van der Waals surface area contributed by atoms with Crippen LogP contribution in [0.3, 0.4) is 0 Å². The van der Waals surface area contributed by atoms with Crippen LogP contribution in [0.1, 0.15) is 41.8 Å². The molecule has 114 valence electrons. The Morgan fingerprint density at radius 3 is 3.09 bits per heavy atom. The number of amides is 1. The molecule has 1 aliphatic carbocycles. The van der Waals surface area contributed by atoms with Crippen molar-refractivity contribution in [2.75, 3.05) is 5.32 Å². The predicted octanol–water partition coefficient (Wildman–Crippen LogP) is 1.93. The van der Waals surface area contributed by atoms with Crippen molar-refractivity contribution in [1.29, 1.82) is 0 Å². The first-order valence-corrected chi connectivity index (χ1v) is 7.95. The molecule has 8 nitrogen and oxygen atoms in total. The molecule has 22 heavy (non-hydrogen) atoms. The van der Waals surface area contributed by atoms with E-state index in [1.165, 1.54) is 11.3 Å². The highest BCUT2D eigenvalue weighted by atomic mass is 32.1. The lowest BCUT2D eigenvalue weighted by Crippen LogP contribution is -2.12. The summed E-state index contributed by atoms with van der Waals surface area (Å²) in [7, 11) is 0. The summed E-state index contributed by atoms with van der Waals surface area (Å²) in [5.74, 6) is 2.44. The fraction of sp³-hybridized carbons (Fsp3) is 0.462. The Labute approximate surface area is 129 Å². The molecule has 4 rings (SSSR count). The molecule has 0 saturated heterocycles. The van der Waals surface area contributed by atoms with Crippen molar-refractivity contribution in [3.63, 3.8) is 0 Å². The number of hydrogen-bond acceptors (Lipinski definition) is 7. The number of nitrogens with one attached hydrogen (secondary N) is 1. The van der Waals surface area contributed by atoms with Crippen molar-refractivity contribution < 1.29 is 9.32 Å². The van der Waals surface area contributed by atoms with Crippen molar-refractivity contribution in [2.24, 2.45) is 0 Å². The molecule has 3 aromatic rings. The average molecular weight is 318 g/mol. The minimum absolute atomic E-state index is 0.110. The van der Waals surface area contributed by atoms with Gasteiger partial charge in [0.1, 0.15) is 10.8 Å². The van der Waals surface area contributed by atoms with Gasteiger partial charge in [-0.05, 0) is 19.8 Å². The van der Waals surface area contributed by atoms with Gasteiger partial charge in [-0.3, -0.25) is 4.79 Å². The molecule has 1 saturated carbocycles. The van der Waals surface area contributed by atoms with Crippen LogP contribution in [-0.2, 0) is 11.2 Å². The number of aromatic nitrogens is 5. The Morgan fingerprint density at radius 2 is 2.36 bits per heavy atom. The molecule has 1 amide bonds. The van der Waals surface area contributed by atoms with Gasteiger partial charge < -0.3 is 9.84 Å². The highest BCUT2D eigenvalue weighted by Gasteiger charge is 2.30. The predicted molar refractivity (Wildman–Crippen MR) is 78.8 cm³/mol. The highest BCUT2D eigenvalue weighted by Crippen LogP contribution is 2.39. The van der Waals surface area contributed by atoms with Crippen LogP contribution in [0.2, 0.25) is 0 Å². The van der Waals surface area contributed by atoms with Crippen LogP contribution in [-0.4, -0.2) is 30.9 Å². The lowest BCUT2D eigenvalue weighted by Gasteiger charge is -1.98. The van der Waals surface area contributed by atoms with Gasteiger partial charge in [0, 0.05) is 24.8 Å². The van der Waals surface area contributed by atoms with Crippen molar-refractivity contribution in [2.45, 2.75) is 38.5 Å². The maximum atomic E-state index is 11.9. The van der Waals surface area contributed by atoms with Crippen LogP contribution in [0.4, 0.5) is 5.82 Å². The molecule has 9 heteroatoms. The van der Waals surface area contributed by atoms with E-state index in [0.717, 1.165) is 28.6 Å². The van der Waals surface area contributed by atoms with Gasteiger partial charge in [-0.1, -0.05) is 16.5 Å². The first-order chi connectivity index (χ1) is 10.7. The number of fused-ring (bicyclic) bond motifs is 1. The third-order valence-electron chi connectivity index (χ3n) is 3.46. The number of carbonyl (C=O) groups excluding carboxylic acids is 1. The minimum atomic E-state index is -0.110. The zero-order chi connectivity index (χ0) is 15.1. The number of anilines is 1. The second-order valence-corrected chi connectivity index (χ2v) is 6.43. The van der Waals surface area contributed by atoms with Gasteiger partial charge in [0.15, 0.2) is 11.6 Å². The normalized spacial score (nSPS) is 14.6. The van der Waals surface area contributed by atoms with E-state index in [-0.39, 0.29) is 5.91 Å². The first-order valence-electron chi connectivity index (χ1n) is 7.13. The summed E-state index contributed by atoms with van der Waals surface area (Å²) in [4.78, 5) is 12.7. The number of nitrogens with zero attached hydrogens (tertiary/aromatic N) is 5. The highest BCUT2D eigenvalue weighted by molar-refractivity contribution is 7.16. The molecule has 0 bridgehead atoms. The van der Waals surface area contributed by atoms with Gasteiger partial charge in [0.2, 0.25) is 10.9 Å². The Balaban J connectivity index is 1.39. The van der Waals surface area contributed by atoms with E-state index in [1.807, 2.05) is 4.52 Å². The molecule has 0 unspecified atom stereocenters. The number of aryl methyl sites for hydroxylation is 2. The zero-order valence-electron chi connectivity index (χ0n) is 11.9. The van der Waals surface area contributed by atoms with Crippen LogP contribution in [0.25, 0.3) is 4.96 Å². The van der Waals surface area contributed by atoms with Crippen molar-refractivity contribution in [3.8, 4) is 0 Å². The molecule has 0 radical (unpaired) electrons. The Hall–Kier alpha value is -2.29. The number of rotatable bonds is 5. The Kier molecular flexibility index (Phi) is 3.14. The summed E-state index contributed by atoms with van der Waals surface area (Å²) < 4.78 is 6.72. The Morgan fingerprint density at radius 1 is 1.50 bits per heavy atom. The third-order valence-corrected chi connectivity index (χ3v) is 4.42. The fourth-order valence-corrected chi connectivity index (χ4v) is 3.06. The second kappa shape index (κ2) is 5.16. The maximum Gasteiger partial charge on any atom is 0.234 e. The second-order valence-electron chi connectivity index (χ2n) is 5.39. The molecule has 0 spiro atoms.